The topological polar surface area (TPSA) is 57.2 Å². The Kier molecular flexibility index (Phi) is 7.77. The van der Waals surface area contributed by atoms with Crippen molar-refractivity contribution in [2.45, 2.75) is 22.9 Å². The van der Waals surface area contributed by atoms with E-state index in [0.29, 0.717) is 41.5 Å². The molecule has 1 heterocycles. The number of amides is 1. The summed E-state index contributed by atoms with van der Waals surface area (Å²) >= 11 is -0.216. The van der Waals surface area contributed by atoms with Crippen LogP contribution < -0.4 is 18.9 Å². The Labute approximate surface area is 217 Å². The molecule has 4 rings (SSSR count). The van der Waals surface area contributed by atoms with Crippen LogP contribution in [-0.4, -0.2) is 51.3 Å². The zero-order valence-corrected chi connectivity index (χ0v) is 21.5. The summed E-state index contributed by atoms with van der Waals surface area (Å²) in [6.45, 7) is 0.388. The van der Waals surface area contributed by atoms with Crippen molar-refractivity contribution in [1.82, 2.24) is 4.90 Å². The predicted octanol–water partition coefficient (Wildman–Crippen LogP) is 6.12. The summed E-state index contributed by atoms with van der Waals surface area (Å²) in [4.78, 5) is 15.5. The minimum atomic E-state index is -4.40. The van der Waals surface area contributed by atoms with Crippen molar-refractivity contribution in [3.63, 3.8) is 0 Å². The second kappa shape index (κ2) is 10.8. The molecule has 6 nitrogen and oxygen atoms in total. The summed E-state index contributed by atoms with van der Waals surface area (Å²) in [6.07, 6.45) is 0.563. The summed E-state index contributed by atoms with van der Waals surface area (Å²) in [5, 5.41) is 0. The molecule has 1 aliphatic rings. The number of benzene rings is 3. The van der Waals surface area contributed by atoms with Crippen LogP contribution in [0.5, 0.6) is 23.0 Å². The van der Waals surface area contributed by atoms with Crippen molar-refractivity contribution < 1.29 is 36.9 Å². The van der Waals surface area contributed by atoms with Gasteiger partial charge < -0.3 is 23.8 Å². The molecule has 196 valence electrons. The van der Waals surface area contributed by atoms with Crippen molar-refractivity contribution >= 4 is 17.7 Å². The average molecular weight is 534 g/mol. The van der Waals surface area contributed by atoms with E-state index < -0.39 is 11.6 Å². The highest BCUT2D eigenvalue weighted by Gasteiger charge is 2.35. The molecule has 0 spiro atoms. The predicted molar refractivity (Wildman–Crippen MR) is 134 cm³/mol. The lowest BCUT2D eigenvalue weighted by Gasteiger charge is -2.38. The molecule has 0 fully saturated rings. The lowest BCUT2D eigenvalue weighted by atomic mass is 9.87. The molecular weight excluding hydrogens is 507 g/mol. The molecule has 3 aromatic rings. The Hall–Kier alpha value is -3.53. The number of hydrogen-bond acceptors (Lipinski definition) is 6. The van der Waals surface area contributed by atoms with E-state index in [-0.39, 0.29) is 22.6 Å². The Balaban J connectivity index is 1.79. The van der Waals surface area contributed by atoms with E-state index in [4.69, 9.17) is 18.9 Å². The molecule has 3 aromatic carbocycles. The van der Waals surface area contributed by atoms with Crippen molar-refractivity contribution in [2.75, 3.05) is 35.0 Å². The molecule has 0 bridgehead atoms. The summed E-state index contributed by atoms with van der Waals surface area (Å²) < 4.78 is 60.1. The molecular formula is C27H26F3NO5S. The maximum absolute atomic E-state index is 13.7. The van der Waals surface area contributed by atoms with Gasteiger partial charge in [-0.15, -0.1) is 0 Å². The number of hydrogen-bond donors (Lipinski definition) is 0. The minimum Gasteiger partial charge on any atom is -0.493 e. The monoisotopic (exact) mass is 533 g/mol. The lowest BCUT2D eigenvalue weighted by Crippen LogP contribution is -2.40. The largest absolute Gasteiger partial charge is 0.493 e. The number of carbonyl (C=O) groups is 1. The number of fused-ring (bicyclic) bond motifs is 1. The summed E-state index contributed by atoms with van der Waals surface area (Å²) in [7, 11) is 6.19. The standard InChI is InChI=1S/C27H26F3NO5S/c1-33-21-10-7-18(14-22(21)34-2)25-20-15-24(36-4)23(35-3)13-17(20)11-12-31(25)26(32)16-5-8-19(9-6-16)37-27(28,29)30/h5-10,13-15,25H,11-12H2,1-4H3/t25-/m0/s1. The van der Waals surface area contributed by atoms with Crippen LogP contribution >= 0.6 is 11.8 Å². The number of thioether (sulfide) groups is 1. The zero-order chi connectivity index (χ0) is 26.7. The van der Waals surface area contributed by atoms with E-state index in [9.17, 15) is 18.0 Å². The Morgan fingerprint density at radius 2 is 1.43 bits per heavy atom. The van der Waals surface area contributed by atoms with E-state index in [2.05, 4.69) is 0 Å². The van der Waals surface area contributed by atoms with Crippen LogP contribution in [0.15, 0.2) is 59.5 Å². The smallest absolute Gasteiger partial charge is 0.446 e. The van der Waals surface area contributed by atoms with Gasteiger partial charge in [0.15, 0.2) is 23.0 Å². The number of carbonyl (C=O) groups excluding carboxylic acids is 1. The van der Waals surface area contributed by atoms with Gasteiger partial charge in [-0.2, -0.15) is 13.2 Å². The first-order chi connectivity index (χ1) is 17.7. The van der Waals surface area contributed by atoms with Crippen LogP contribution in [0.4, 0.5) is 13.2 Å². The van der Waals surface area contributed by atoms with Gasteiger partial charge in [-0.1, -0.05) is 6.07 Å². The Morgan fingerprint density at radius 1 is 0.838 bits per heavy atom. The van der Waals surface area contributed by atoms with Crippen molar-refractivity contribution in [1.29, 1.82) is 0 Å². The number of ether oxygens (including phenoxy) is 4. The number of nitrogens with zero attached hydrogens (tertiary/aromatic N) is 1. The quantitative estimate of drug-likeness (QED) is 0.341. The van der Waals surface area contributed by atoms with E-state index >= 15 is 0 Å². The molecule has 0 radical (unpaired) electrons. The first-order valence-corrected chi connectivity index (χ1v) is 12.1. The second-order valence-corrected chi connectivity index (χ2v) is 9.38. The third kappa shape index (κ3) is 5.58. The summed E-state index contributed by atoms with van der Waals surface area (Å²) in [5.74, 6) is 1.86. The zero-order valence-electron chi connectivity index (χ0n) is 20.7. The highest BCUT2D eigenvalue weighted by molar-refractivity contribution is 8.00. The average Bonchev–Trinajstić information content (AvgIpc) is 2.90. The third-order valence-corrected chi connectivity index (χ3v) is 6.93. The van der Waals surface area contributed by atoms with Gasteiger partial charge >= 0.3 is 5.51 Å². The van der Waals surface area contributed by atoms with Gasteiger partial charge in [-0.25, -0.2) is 0 Å². The van der Waals surface area contributed by atoms with Crippen LogP contribution in [0.2, 0.25) is 0 Å². The minimum absolute atomic E-state index is 0.0151. The molecule has 0 N–H and O–H groups in total. The SMILES string of the molecule is COc1ccc([C@H]2c3cc(OC)c(OC)cc3CCN2C(=O)c2ccc(SC(F)(F)F)cc2)cc1OC. The fraction of sp³-hybridized carbons (Fsp3) is 0.296. The number of rotatable bonds is 7. The molecule has 1 atom stereocenters. The van der Waals surface area contributed by atoms with Gasteiger partial charge in [0.25, 0.3) is 5.91 Å². The lowest BCUT2D eigenvalue weighted by molar-refractivity contribution is -0.0328. The maximum atomic E-state index is 13.7. The maximum Gasteiger partial charge on any atom is 0.446 e. The molecule has 1 amide bonds. The fourth-order valence-electron chi connectivity index (χ4n) is 4.51. The van der Waals surface area contributed by atoms with Gasteiger partial charge in [-0.3, -0.25) is 4.79 Å². The normalized spacial score (nSPS) is 15.1. The first-order valence-electron chi connectivity index (χ1n) is 11.3. The highest BCUT2D eigenvalue weighted by atomic mass is 32.2. The van der Waals surface area contributed by atoms with E-state index in [1.54, 1.807) is 32.3 Å². The Bertz CT molecular complexity index is 1280. The molecule has 0 unspecified atom stereocenters. The first kappa shape index (κ1) is 26.5. The number of halogens is 3. The van der Waals surface area contributed by atoms with Crippen LogP contribution in [0.1, 0.15) is 33.1 Å². The highest BCUT2D eigenvalue weighted by Crippen LogP contribution is 2.43. The Morgan fingerprint density at radius 3 is 2.03 bits per heavy atom. The van der Waals surface area contributed by atoms with Gasteiger partial charge in [0.1, 0.15) is 0 Å². The third-order valence-electron chi connectivity index (χ3n) is 6.19. The van der Waals surface area contributed by atoms with E-state index in [1.807, 2.05) is 24.3 Å². The van der Waals surface area contributed by atoms with Gasteiger partial charge in [0.05, 0.1) is 34.5 Å². The molecule has 0 aromatic heterocycles. The molecule has 10 heteroatoms. The van der Waals surface area contributed by atoms with Crippen LogP contribution in [0, 0.1) is 0 Å². The van der Waals surface area contributed by atoms with Crippen molar-refractivity contribution in [3.8, 4) is 23.0 Å². The summed E-state index contributed by atoms with van der Waals surface area (Å²) in [5.41, 5.74) is -1.47. The van der Waals surface area contributed by atoms with E-state index in [0.717, 1.165) is 16.7 Å². The number of alkyl halides is 3. The van der Waals surface area contributed by atoms with Gasteiger partial charge in [0.2, 0.25) is 0 Å². The van der Waals surface area contributed by atoms with E-state index in [1.165, 1.54) is 31.4 Å². The molecule has 37 heavy (non-hydrogen) atoms. The number of methoxy groups -OCH3 is 4. The molecule has 0 aliphatic carbocycles. The summed E-state index contributed by atoms with van der Waals surface area (Å²) in [6, 6.07) is 14.2. The van der Waals surface area contributed by atoms with Crippen LogP contribution in [-0.2, 0) is 6.42 Å². The fourth-order valence-corrected chi connectivity index (χ4v) is 5.05. The van der Waals surface area contributed by atoms with Gasteiger partial charge in [0, 0.05) is 17.0 Å². The van der Waals surface area contributed by atoms with Gasteiger partial charge in [-0.05, 0) is 83.4 Å². The van der Waals surface area contributed by atoms with Crippen LogP contribution in [0.25, 0.3) is 0 Å². The second-order valence-electron chi connectivity index (χ2n) is 8.24. The van der Waals surface area contributed by atoms with Crippen LogP contribution in [0.3, 0.4) is 0 Å². The van der Waals surface area contributed by atoms with Crippen molar-refractivity contribution in [3.05, 3.63) is 76.9 Å². The molecule has 0 saturated carbocycles. The molecule has 1 aliphatic heterocycles. The van der Waals surface area contributed by atoms with Crippen molar-refractivity contribution in [2.24, 2.45) is 0 Å². The molecule has 0 saturated heterocycles.